The fourth-order valence-corrected chi connectivity index (χ4v) is 2.69. The summed E-state index contributed by atoms with van der Waals surface area (Å²) in [5.41, 5.74) is 6.92. The summed E-state index contributed by atoms with van der Waals surface area (Å²) in [6, 6.07) is 18.3. The number of primary amides is 1. The van der Waals surface area contributed by atoms with Crippen molar-refractivity contribution in [1.82, 2.24) is 14.9 Å². The van der Waals surface area contributed by atoms with E-state index in [4.69, 9.17) is 18.0 Å². The number of amides is 2. The molecule has 1 aromatic heterocycles. The Balaban J connectivity index is 1.78. The second-order valence-electron chi connectivity index (χ2n) is 5.69. The van der Waals surface area contributed by atoms with Gasteiger partial charge < -0.3 is 15.6 Å². The van der Waals surface area contributed by atoms with Crippen molar-refractivity contribution >= 4 is 35.0 Å². The summed E-state index contributed by atoms with van der Waals surface area (Å²) in [5, 5.41) is 5.48. The molecule has 0 unspecified atom stereocenters. The van der Waals surface area contributed by atoms with Crippen LogP contribution in [0, 0.1) is 0 Å². The molecule has 2 amide bonds. The monoisotopic (exact) mass is 379 g/mol. The van der Waals surface area contributed by atoms with Gasteiger partial charge in [0, 0.05) is 5.56 Å². The largest absolute Gasteiger partial charge is 0.364 e. The van der Waals surface area contributed by atoms with Crippen LogP contribution in [0.5, 0.6) is 0 Å². The van der Waals surface area contributed by atoms with Crippen molar-refractivity contribution in [2.45, 2.75) is 6.54 Å². The fourth-order valence-electron chi connectivity index (χ4n) is 2.50. The molecule has 7 nitrogen and oxygen atoms in total. The molecule has 0 aliphatic rings. The molecule has 3 aromatic rings. The van der Waals surface area contributed by atoms with Crippen molar-refractivity contribution in [3.8, 4) is 0 Å². The summed E-state index contributed by atoms with van der Waals surface area (Å²) in [5.74, 6) is -0.728. The number of rotatable bonds is 5. The van der Waals surface area contributed by atoms with Crippen LogP contribution in [0.4, 0.5) is 5.82 Å². The van der Waals surface area contributed by atoms with Crippen LogP contribution in [0.25, 0.3) is 0 Å². The number of hydrogen-bond donors (Lipinski definition) is 3. The number of aromatic nitrogens is 2. The molecular formula is C19H17N5O2S. The van der Waals surface area contributed by atoms with Gasteiger partial charge in [-0.3, -0.25) is 14.9 Å². The number of imidazole rings is 1. The first-order valence-electron chi connectivity index (χ1n) is 8.11. The molecule has 27 heavy (non-hydrogen) atoms. The maximum atomic E-state index is 12.2. The molecule has 4 N–H and O–H groups in total. The van der Waals surface area contributed by atoms with E-state index in [1.807, 2.05) is 36.4 Å². The smallest absolute Gasteiger partial charge is 0.271 e. The molecule has 3 rings (SSSR count). The number of benzene rings is 2. The zero-order valence-electron chi connectivity index (χ0n) is 14.3. The highest BCUT2D eigenvalue weighted by Crippen LogP contribution is 2.16. The number of hydrogen-bond acceptors (Lipinski definition) is 4. The first-order valence-corrected chi connectivity index (χ1v) is 8.51. The summed E-state index contributed by atoms with van der Waals surface area (Å²) in [7, 11) is 0. The molecule has 0 saturated heterocycles. The van der Waals surface area contributed by atoms with Gasteiger partial charge in [0.1, 0.15) is 5.82 Å². The minimum atomic E-state index is -0.693. The molecule has 0 bridgehead atoms. The Hall–Kier alpha value is -3.52. The highest BCUT2D eigenvalue weighted by Gasteiger charge is 2.18. The Bertz CT molecular complexity index is 970. The second kappa shape index (κ2) is 8.24. The molecule has 8 heteroatoms. The summed E-state index contributed by atoms with van der Waals surface area (Å²) in [6.45, 7) is 0.457. The van der Waals surface area contributed by atoms with E-state index in [-0.39, 0.29) is 16.7 Å². The minimum absolute atomic E-state index is 0.0427. The highest BCUT2D eigenvalue weighted by atomic mass is 32.1. The third-order valence-corrected chi connectivity index (χ3v) is 3.97. The number of thiocarbonyl (C=S) groups is 1. The van der Waals surface area contributed by atoms with Crippen LogP contribution in [0.1, 0.15) is 26.4 Å². The van der Waals surface area contributed by atoms with Crippen LogP contribution in [-0.2, 0) is 6.54 Å². The summed E-state index contributed by atoms with van der Waals surface area (Å²) >= 11 is 5.21. The van der Waals surface area contributed by atoms with E-state index in [9.17, 15) is 9.59 Å². The maximum absolute atomic E-state index is 12.2. The Morgan fingerprint density at radius 3 is 2.30 bits per heavy atom. The van der Waals surface area contributed by atoms with Crippen molar-refractivity contribution in [2.24, 2.45) is 5.73 Å². The van der Waals surface area contributed by atoms with Crippen LogP contribution in [0.15, 0.2) is 67.0 Å². The number of nitrogens with zero attached hydrogens (tertiary/aromatic N) is 2. The molecule has 0 radical (unpaired) electrons. The lowest BCUT2D eigenvalue weighted by Crippen LogP contribution is -2.35. The van der Waals surface area contributed by atoms with Crippen molar-refractivity contribution in [3.63, 3.8) is 0 Å². The van der Waals surface area contributed by atoms with E-state index in [1.165, 1.54) is 6.33 Å². The molecule has 1 heterocycles. The van der Waals surface area contributed by atoms with E-state index < -0.39 is 5.91 Å². The number of nitrogens with one attached hydrogen (secondary N) is 2. The lowest BCUT2D eigenvalue weighted by atomic mass is 10.2. The number of nitrogens with two attached hydrogens (primary N) is 1. The topological polar surface area (TPSA) is 102 Å². The van der Waals surface area contributed by atoms with Gasteiger partial charge in [-0.05, 0) is 29.9 Å². The predicted molar refractivity (Wildman–Crippen MR) is 106 cm³/mol. The average Bonchev–Trinajstić information content (AvgIpc) is 3.05. The molecule has 0 spiro atoms. The predicted octanol–water partition coefficient (Wildman–Crippen LogP) is 2.16. The molecule has 2 aromatic carbocycles. The first kappa shape index (κ1) is 18.3. The fraction of sp³-hybridized carbons (Fsp3) is 0.0526. The Labute approximate surface area is 161 Å². The number of anilines is 1. The van der Waals surface area contributed by atoms with Crippen LogP contribution >= 0.6 is 12.2 Å². The molecular weight excluding hydrogens is 362 g/mol. The SMILES string of the molecule is NC(=O)c1ncn(Cc2ccccc2)c1NC(=S)NC(=O)c1ccccc1. The van der Waals surface area contributed by atoms with Gasteiger partial charge in [-0.15, -0.1) is 0 Å². The summed E-state index contributed by atoms with van der Waals surface area (Å²) in [4.78, 5) is 28.0. The van der Waals surface area contributed by atoms with Crippen LogP contribution < -0.4 is 16.4 Å². The summed E-state index contributed by atoms with van der Waals surface area (Å²) < 4.78 is 1.70. The van der Waals surface area contributed by atoms with E-state index in [1.54, 1.807) is 28.8 Å². The Morgan fingerprint density at radius 1 is 1.04 bits per heavy atom. The van der Waals surface area contributed by atoms with E-state index in [2.05, 4.69) is 15.6 Å². The summed E-state index contributed by atoms with van der Waals surface area (Å²) in [6.07, 6.45) is 1.50. The van der Waals surface area contributed by atoms with Crippen molar-refractivity contribution in [2.75, 3.05) is 5.32 Å². The van der Waals surface area contributed by atoms with Gasteiger partial charge in [0.05, 0.1) is 12.9 Å². The molecule has 0 atom stereocenters. The Morgan fingerprint density at radius 2 is 1.67 bits per heavy atom. The van der Waals surface area contributed by atoms with E-state index in [0.717, 1.165) is 5.56 Å². The van der Waals surface area contributed by atoms with Crippen molar-refractivity contribution in [1.29, 1.82) is 0 Å². The lowest BCUT2D eigenvalue weighted by molar-refractivity contribution is 0.0975. The van der Waals surface area contributed by atoms with Gasteiger partial charge in [-0.25, -0.2) is 4.98 Å². The van der Waals surface area contributed by atoms with Crippen LogP contribution in [0.2, 0.25) is 0 Å². The van der Waals surface area contributed by atoms with E-state index in [0.29, 0.717) is 17.9 Å². The van der Waals surface area contributed by atoms with Gasteiger partial charge in [-0.2, -0.15) is 0 Å². The number of carbonyl (C=O) groups is 2. The van der Waals surface area contributed by atoms with Crippen molar-refractivity contribution in [3.05, 3.63) is 83.8 Å². The van der Waals surface area contributed by atoms with Crippen LogP contribution in [0.3, 0.4) is 0 Å². The van der Waals surface area contributed by atoms with Gasteiger partial charge in [-0.1, -0.05) is 48.5 Å². The third-order valence-electron chi connectivity index (χ3n) is 3.76. The second-order valence-corrected chi connectivity index (χ2v) is 6.10. The molecule has 0 aliphatic heterocycles. The Kier molecular flexibility index (Phi) is 5.58. The lowest BCUT2D eigenvalue weighted by Gasteiger charge is -2.13. The first-order chi connectivity index (χ1) is 13.0. The maximum Gasteiger partial charge on any atom is 0.271 e. The number of carbonyl (C=O) groups excluding carboxylic acids is 2. The van der Waals surface area contributed by atoms with Gasteiger partial charge in [0.15, 0.2) is 10.8 Å². The zero-order valence-corrected chi connectivity index (χ0v) is 15.1. The molecule has 0 saturated carbocycles. The van der Waals surface area contributed by atoms with Crippen molar-refractivity contribution < 1.29 is 9.59 Å². The van der Waals surface area contributed by atoms with E-state index >= 15 is 0 Å². The third kappa shape index (κ3) is 4.56. The molecule has 136 valence electrons. The standard InChI is InChI=1S/C19H17N5O2S/c20-16(25)15-17(24(12-21-15)11-13-7-3-1-4-8-13)22-19(27)23-18(26)14-9-5-2-6-10-14/h1-10,12H,11H2,(H2,20,25)(H2,22,23,26,27). The zero-order chi connectivity index (χ0) is 19.2. The normalized spacial score (nSPS) is 10.2. The molecule has 0 fully saturated rings. The van der Waals surface area contributed by atoms with Gasteiger partial charge in [0.25, 0.3) is 11.8 Å². The van der Waals surface area contributed by atoms with Crippen LogP contribution in [-0.4, -0.2) is 26.5 Å². The quantitative estimate of drug-likeness (QED) is 0.590. The minimum Gasteiger partial charge on any atom is -0.364 e. The average molecular weight is 379 g/mol. The van der Waals surface area contributed by atoms with Gasteiger partial charge >= 0.3 is 0 Å². The molecule has 0 aliphatic carbocycles. The van der Waals surface area contributed by atoms with Gasteiger partial charge in [0.2, 0.25) is 0 Å². The highest BCUT2D eigenvalue weighted by molar-refractivity contribution is 7.80.